The van der Waals surface area contributed by atoms with Gasteiger partial charge in [0.05, 0.1) is 11.5 Å². The van der Waals surface area contributed by atoms with Gasteiger partial charge in [0.15, 0.2) is 0 Å². The fourth-order valence-corrected chi connectivity index (χ4v) is 2.42. The Bertz CT molecular complexity index is 347. The van der Waals surface area contributed by atoms with Crippen LogP contribution in [0.5, 0.6) is 0 Å². The standard InChI is InChI=1S/C15H28N2O3/c1-11(2)5-8-16-13(18)12(3)17-9-6-15(4,7-10-17)14(19)20/h11-12H,5-10H2,1-4H3,(H,16,18)(H,19,20). The fourth-order valence-electron chi connectivity index (χ4n) is 2.42. The Morgan fingerprint density at radius 3 is 2.25 bits per heavy atom. The number of carbonyl (C=O) groups excluding carboxylic acids is 1. The number of carboxylic acids is 1. The van der Waals surface area contributed by atoms with Gasteiger partial charge in [0.25, 0.3) is 0 Å². The van der Waals surface area contributed by atoms with Crippen molar-refractivity contribution in [3.8, 4) is 0 Å². The molecule has 0 aromatic carbocycles. The van der Waals surface area contributed by atoms with Crippen molar-refractivity contribution in [1.29, 1.82) is 0 Å². The van der Waals surface area contributed by atoms with Gasteiger partial charge in [-0.25, -0.2) is 0 Å². The first-order valence-electron chi connectivity index (χ1n) is 7.51. The van der Waals surface area contributed by atoms with E-state index in [2.05, 4.69) is 24.1 Å². The number of aliphatic carboxylic acids is 1. The predicted octanol–water partition coefficient (Wildman–Crippen LogP) is 1.72. The van der Waals surface area contributed by atoms with Crippen molar-refractivity contribution in [2.24, 2.45) is 11.3 Å². The van der Waals surface area contributed by atoms with Crippen LogP contribution in [0.15, 0.2) is 0 Å². The lowest BCUT2D eigenvalue weighted by atomic mass is 9.80. The van der Waals surface area contributed by atoms with E-state index in [1.54, 1.807) is 6.92 Å². The van der Waals surface area contributed by atoms with Gasteiger partial charge in [-0.3, -0.25) is 14.5 Å². The highest BCUT2D eigenvalue weighted by Crippen LogP contribution is 2.31. The van der Waals surface area contributed by atoms with Gasteiger partial charge in [0, 0.05) is 6.54 Å². The smallest absolute Gasteiger partial charge is 0.309 e. The van der Waals surface area contributed by atoms with E-state index in [0.29, 0.717) is 38.4 Å². The average Bonchev–Trinajstić information content (AvgIpc) is 2.38. The van der Waals surface area contributed by atoms with Crippen molar-refractivity contribution < 1.29 is 14.7 Å². The van der Waals surface area contributed by atoms with Crippen molar-refractivity contribution >= 4 is 11.9 Å². The zero-order valence-electron chi connectivity index (χ0n) is 13.1. The molecule has 116 valence electrons. The van der Waals surface area contributed by atoms with E-state index < -0.39 is 11.4 Å². The van der Waals surface area contributed by atoms with E-state index in [0.717, 1.165) is 6.42 Å². The van der Waals surface area contributed by atoms with Crippen LogP contribution in [0.4, 0.5) is 0 Å². The highest BCUT2D eigenvalue weighted by Gasteiger charge is 2.38. The molecule has 20 heavy (non-hydrogen) atoms. The normalized spacial score (nSPS) is 20.6. The number of nitrogens with one attached hydrogen (secondary N) is 1. The van der Waals surface area contributed by atoms with Crippen LogP contribution < -0.4 is 5.32 Å². The number of carbonyl (C=O) groups is 2. The number of likely N-dealkylation sites (tertiary alicyclic amines) is 1. The molecule has 1 saturated heterocycles. The van der Waals surface area contributed by atoms with E-state index in [1.165, 1.54) is 0 Å². The van der Waals surface area contributed by atoms with Crippen LogP contribution in [0.1, 0.15) is 47.0 Å². The maximum Gasteiger partial charge on any atom is 0.309 e. The molecular weight excluding hydrogens is 256 g/mol. The summed E-state index contributed by atoms with van der Waals surface area (Å²) in [5.74, 6) is -0.104. The number of amides is 1. The Kier molecular flexibility index (Phi) is 5.99. The Balaban J connectivity index is 2.40. The number of nitrogens with zero attached hydrogens (tertiary/aromatic N) is 1. The molecule has 0 spiro atoms. The summed E-state index contributed by atoms with van der Waals surface area (Å²) in [6, 6.07) is -0.180. The molecule has 1 fully saturated rings. The number of hydrogen-bond donors (Lipinski definition) is 2. The fraction of sp³-hybridized carbons (Fsp3) is 0.867. The number of rotatable bonds is 6. The van der Waals surface area contributed by atoms with E-state index >= 15 is 0 Å². The second-order valence-corrected chi connectivity index (χ2v) is 6.55. The summed E-state index contributed by atoms with van der Waals surface area (Å²) >= 11 is 0. The first kappa shape index (κ1) is 17.0. The summed E-state index contributed by atoms with van der Waals surface area (Å²) in [4.78, 5) is 25.3. The maximum absolute atomic E-state index is 12.0. The van der Waals surface area contributed by atoms with Crippen molar-refractivity contribution in [3.63, 3.8) is 0 Å². The molecule has 1 atom stereocenters. The first-order valence-corrected chi connectivity index (χ1v) is 7.51. The third kappa shape index (κ3) is 4.47. The summed E-state index contributed by atoms with van der Waals surface area (Å²) in [5.41, 5.74) is -0.635. The summed E-state index contributed by atoms with van der Waals surface area (Å²) in [7, 11) is 0. The van der Waals surface area contributed by atoms with E-state index in [-0.39, 0.29) is 11.9 Å². The average molecular weight is 284 g/mol. The van der Waals surface area contributed by atoms with Crippen molar-refractivity contribution in [2.75, 3.05) is 19.6 Å². The van der Waals surface area contributed by atoms with E-state index in [9.17, 15) is 14.7 Å². The molecule has 0 aromatic heterocycles. The van der Waals surface area contributed by atoms with E-state index in [4.69, 9.17) is 0 Å². The largest absolute Gasteiger partial charge is 0.481 e. The molecule has 1 amide bonds. The molecule has 5 heteroatoms. The van der Waals surface area contributed by atoms with Crippen LogP contribution >= 0.6 is 0 Å². The molecule has 0 bridgehead atoms. The second kappa shape index (κ2) is 7.07. The molecule has 0 aromatic rings. The molecule has 1 unspecified atom stereocenters. The van der Waals surface area contributed by atoms with Gasteiger partial charge in [-0.1, -0.05) is 13.8 Å². The molecular formula is C15H28N2O3. The SMILES string of the molecule is CC(C)CCNC(=O)C(C)N1CCC(C)(C(=O)O)CC1. The molecule has 0 aliphatic carbocycles. The van der Waals surface area contributed by atoms with Gasteiger partial charge >= 0.3 is 5.97 Å². The van der Waals surface area contributed by atoms with Gasteiger partial charge in [0.2, 0.25) is 5.91 Å². The van der Waals surface area contributed by atoms with Crippen LogP contribution in [-0.4, -0.2) is 47.6 Å². The number of hydrogen-bond acceptors (Lipinski definition) is 3. The molecule has 0 saturated carbocycles. The second-order valence-electron chi connectivity index (χ2n) is 6.55. The lowest BCUT2D eigenvalue weighted by Crippen LogP contribution is -2.51. The van der Waals surface area contributed by atoms with Crippen LogP contribution in [0.2, 0.25) is 0 Å². The van der Waals surface area contributed by atoms with Crippen molar-refractivity contribution in [1.82, 2.24) is 10.2 Å². The quantitative estimate of drug-likeness (QED) is 0.779. The minimum atomic E-state index is -0.730. The summed E-state index contributed by atoms with van der Waals surface area (Å²) in [6.45, 7) is 10.00. The Hall–Kier alpha value is -1.10. The van der Waals surface area contributed by atoms with Gasteiger partial charge < -0.3 is 10.4 Å². The zero-order chi connectivity index (χ0) is 15.3. The molecule has 1 aliphatic rings. The van der Waals surface area contributed by atoms with Crippen LogP contribution in [0.25, 0.3) is 0 Å². The van der Waals surface area contributed by atoms with Crippen LogP contribution in [-0.2, 0) is 9.59 Å². The zero-order valence-corrected chi connectivity index (χ0v) is 13.1. The third-order valence-corrected chi connectivity index (χ3v) is 4.37. The lowest BCUT2D eigenvalue weighted by molar-refractivity contribution is -0.151. The van der Waals surface area contributed by atoms with E-state index in [1.807, 2.05) is 6.92 Å². The topological polar surface area (TPSA) is 69.6 Å². The molecule has 1 aliphatic heterocycles. The van der Waals surface area contributed by atoms with Crippen LogP contribution in [0, 0.1) is 11.3 Å². The Morgan fingerprint density at radius 1 is 1.25 bits per heavy atom. The highest BCUT2D eigenvalue weighted by molar-refractivity contribution is 5.81. The number of piperidine rings is 1. The maximum atomic E-state index is 12.0. The summed E-state index contributed by atoms with van der Waals surface area (Å²) in [5, 5.41) is 12.2. The number of carboxylic acid groups (broad SMARTS) is 1. The third-order valence-electron chi connectivity index (χ3n) is 4.37. The lowest BCUT2D eigenvalue weighted by Gasteiger charge is -2.38. The molecule has 2 N–H and O–H groups in total. The summed E-state index contributed by atoms with van der Waals surface area (Å²) < 4.78 is 0. The molecule has 1 rings (SSSR count). The van der Waals surface area contributed by atoms with Gasteiger partial charge in [-0.15, -0.1) is 0 Å². The monoisotopic (exact) mass is 284 g/mol. The Labute approximate surface area is 121 Å². The molecule has 0 radical (unpaired) electrons. The predicted molar refractivity (Wildman–Crippen MR) is 78.5 cm³/mol. The van der Waals surface area contributed by atoms with Gasteiger partial charge in [0.1, 0.15) is 0 Å². The van der Waals surface area contributed by atoms with Crippen molar-refractivity contribution in [2.45, 2.75) is 53.0 Å². The minimum Gasteiger partial charge on any atom is -0.481 e. The molecule has 1 heterocycles. The summed E-state index contributed by atoms with van der Waals surface area (Å²) in [6.07, 6.45) is 2.19. The minimum absolute atomic E-state index is 0.0459. The van der Waals surface area contributed by atoms with Gasteiger partial charge in [-0.05, 0) is 52.1 Å². The molecule has 5 nitrogen and oxygen atoms in total. The van der Waals surface area contributed by atoms with Crippen molar-refractivity contribution in [3.05, 3.63) is 0 Å². The van der Waals surface area contributed by atoms with Gasteiger partial charge in [-0.2, -0.15) is 0 Å². The first-order chi connectivity index (χ1) is 9.26. The Morgan fingerprint density at radius 2 is 1.80 bits per heavy atom. The van der Waals surface area contributed by atoms with Crippen LogP contribution in [0.3, 0.4) is 0 Å². The highest BCUT2D eigenvalue weighted by atomic mass is 16.4.